The Balaban J connectivity index is 2.27. The zero-order chi connectivity index (χ0) is 12.3. The van der Waals surface area contributed by atoms with Gasteiger partial charge in [-0.3, -0.25) is 4.79 Å². The topological polar surface area (TPSA) is 50.1 Å². The minimum atomic E-state index is -0.188. The highest BCUT2D eigenvalue weighted by Crippen LogP contribution is 2.40. The lowest BCUT2D eigenvalue weighted by atomic mass is 9.90. The van der Waals surface area contributed by atoms with E-state index >= 15 is 0 Å². The first kappa shape index (κ1) is 11.7. The van der Waals surface area contributed by atoms with Crippen molar-refractivity contribution in [2.75, 3.05) is 6.61 Å². The summed E-state index contributed by atoms with van der Waals surface area (Å²) in [6.07, 6.45) is 1.07. The summed E-state index contributed by atoms with van der Waals surface area (Å²) in [5.41, 5.74) is 2.30. The van der Waals surface area contributed by atoms with E-state index in [1.165, 1.54) is 5.56 Å². The van der Waals surface area contributed by atoms with Gasteiger partial charge in [-0.15, -0.1) is 0 Å². The van der Waals surface area contributed by atoms with Gasteiger partial charge in [0.1, 0.15) is 0 Å². The predicted octanol–water partition coefficient (Wildman–Crippen LogP) is 2.42. The molecule has 0 radical (unpaired) electrons. The van der Waals surface area contributed by atoms with Gasteiger partial charge in [-0.2, -0.15) is 5.26 Å². The molecule has 0 saturated carbocycles. The molecule has 0 bridgehead atoms. The number of ether oxygens (including phenoxy) is 1. The number of hydrogen-bond donors (Lipinski definition) is 0. The van der Waals surface area contributed by atoms with E-state index in [0.717, 1.165) is 5.56 Å². The van der Waals surface area contributed by atoms with Crippen LogP contribution in [-0.2, 0) is 16.0 Å². The van der Waals surface area contributed by atoms with Crippen molar-refractivity contribution in [2.24, 2.45) is 5.92 Å². The molecule has 3 heteroatoms. The number of nitrogens with zero attached hydrogens (tertiary/aromatic N) is 1. The van der Waals surface area contributed by atoms with Crippen molar-refractivity contribution in [3.05, 3.63) is 35.4 Å². The van der Waals surface area contributed by atoms with Gasteiger partial charge in [-0.05, 0) is 24.5 Å². The monoisotopic (exact) mass is 229 g/mol. The summed E-state index contributed by atoms with van der Waals surface area (Å²) < 4.78 is 5.09. The van der Waals surface area contributed by atoms with Crippen molar-refractivity contribution in [3.63, 3.8) is 0 Å². The third kappa shape index (κ3) is 2.16. The average molecular weight is 229 g/mol. The minimum Gasteiger partial charge on any atom is -0.466 e. The predicted molar refractivity (Wildman–Crippen MR) is 63.2 cm³/mol. The summed E-state index contributed by atoms with van der Waals surface area (Å²) in [5.74, 6) is -0.369. The van der Waals surface area contributed by atoms with E-state index in [0.29, 0.717) is 19.4 Å². The number of carbonyl (C=O) groups is 1. The van der Waals surface area contributed by atoms with Crippen LogP contribution in [-0.4, -0.2) is 12.6 Å². The van der Waals surface area contributed by atoms with Crippen LogP contribution in [0.2, 0.25) is 0 Å². The maximum absolute atomic E-state index is 11.9. The Morgan fingerprint density at radius 3 is 3.00 bits per heavy atom. The van der Waals surface area contributed by atoms with Crippen molar-refractivity contribution in [1.82, 2.24) is 0 Å². The van der Waals surface area contributed by atoms with Crippen LogP contribution in [0.25, 0.3) is 0 Å². The number of rotatable bonds is 3. The van der Waals surface area contributed by atoms with Gasteiger partial charge in [0, 0.05) is 12.3 Å². The van der Waals surface area contributed by atoms with Crippen molar-refractivity contribution in [1.29, 1.82) is 5.26 Å². The van der Waals surface area contributed by atoms with Gasteiger partial charge in [0.05, 0.1) is 18.6 Å². The first-order chi connectivity index (χ1) is 8.27. The highest BCUT2D eigenvalue weighted by Gasteiger charge is 2.37. The van der Waals surface area contributed by atoms with Crippen LogP contribution in [0, 0.1) is 17.2 Å². The molecule has 2 unspecified atom stereocenters. The molecule has 0 aliphatic heterocycles. The Labute approximate surface area is 101 Å². The van der Waals surface area contributed by atoms with Crippen LogP contribution < -0.4 is 0 Å². The molecule has 1 aromatic carbocycles. The average Bonchev–Trinajstić information content (AvgIpc) is 2.70. The zero-order valence-corrected chi connectivity index (χ0v) is 9.85. The number of esters is 1. The molecule has 0 amide bonds. The van der Waals surface area contributed by atoms with Crippen LogP contribution in [0.1, 0.15) is 30.4 Å². The Bertz CT molecular complexity index is 462. The highest BCUT2D eigenvalue weighted by molar-refractivity contribution is 5.75. The summed E-state index contributed by atoms with van der Waals surface area (Å²) in [7, 11) is 0. The summed E-state index contributed by atoms with van der Waals surface area (Å²) in [6, 6.07) is 10.1. The van der Waals surface area contributed by atoms with E-state index in [9.17, 15) is 4.79 Å². The molecule has 1 aliphatic carbocycles. The molecule has 1 aromatic rings. The number of benzene rings is 1. The van der Waals surface area contributed by atoms with Gasteiger partial charge in [-0.1, -0.05) is 24.3 Å². The van der Waals surface area contributed by atoms with E-state index in [1.54, 1.807) is 6.92 Å². The molecule has 0 saturated heterocycles. The molecule has 0 fully saturated rings. The number of carbonyl (C=O) groups excluding carboxylic acids is 1. The molecule has 0 heterocycles. The van der Waals surface area contributed by atoms with E-state index in [4.69, 9.17) is 10.00 Å². The van der Waals surface area contributed by atoms with Gasteiger partial charge in [0.25, 0.3) is 0 Å². The molecule has 17 heavy (non-hydrogen) atoms. The lowest BCUT2D eigenvalue weighted by molar-refractivity contribution is -0.148. The molecular weight excluding hydrogens is 214 g/mol. The fraction of sp³-hybridized carbons (Fsp3) is 0.429. The molecule has 0 spiro atoms. The van der Waals surface area contributed by atoms with Crippen molar-refractivity contribution >= 4 is 5.97 Å². The Kier molecular flexibility index (Phi) is 3.43. The fourth-order valence-corrected chi connectivity index (χ4v) is 2.53. The maximum Gasteiger partial charge on any atom is 0.309 e. The van der Waals surface area contributed by atoms with Crippen LogP contribution in [0.15, 0.2) is 24.3 Å². The third-order valence-electron chi connectivity index (χ3n) is 3.28. The molecule has 0 N–H and O–H groups in total. The minimum absolute atomic E-state index is 0.00440. The molecule has 3 nitrogen and oxygen atoms in total. The SMILES string of the molecule is CCOC(=O)C1Cc2ccccc2C1CC#N. The molecule has 88 valence electrons. The smallest absolute Gasteiger partial charge is 0.309 e. The standard InChI is InChI=1S/C14H15NO2/c1-2-17-14(16)13-9-10-5-3-4-6-11(10)12(13)7-8-15/h3-6,12-13H,2,7,9H2,1H3. The lowest BCUT2D eigenvalue weighted by Gasteiger charge is -2.15. The molecule has 0 aromatic heterocycles. The molecule has 2 atom stereocenters. The van der Waals surface area contributed by atoms with E-state index in [2.05, 4.69) is 6.07 Å². The first-order valence-electron chi connectivity index (χ1n) is 5.89. The van der Waals surface area contributed by atoms with Gasteiger partial charge in [0.15, 0.2) is 0 Å². The third-order valence-corrected chi connectivity index (χ3v) is 3.28. The largest absolute Gasteiger partial charge is 0.466 e. The summed E-state index contributed by atoms with van der Waals surface area (Å²) in [4.78, 5) is 11.9. The summed E-state index contributed by atoms with van der Waals surface area (Å²) in [5, 5.41) is 8.88. The normalized spacial score (nSPS) is 21.6. The Hall–Kier alpha value is -1.82. The van der Waals surface area contributed by atoms with E-state index in [1.807, 2.05) is 24.3 Å². The second kappa shape index (κ2) is 5.01. The molecular formula is C14H15NO2. The highest BCUT2D eigenvalue weighted by atomic mass is 16.5. The van der Waals surface area contributed by atoms with Crippen LogP contribution in [0.5, 0.6) is 0 Å². The first-order valence-corrected chi connectivity index (χ1v) is 5.89. The van der Waals surface area contributed by atoms with E-state index < -0.39 is 0 Å². The van der Waals surface area contributed by atoms with E-state index in [-0.39, 0.29) is 17.8 Å². The number of fused-ring (bicyclic) bond motifs is 1. The Morgan fingerprint density at radius 2 is 2.29 bits per heavy atom. The van der Waals surface area contributed by atoms with Crippen LogP contribution >= 0.6 is 0 Å². The van der Waals surface area contributed by atoms with Gasteiger partial charge >= 0.3 is 5.97 Å². The van der Waals surface area contributed by atoms with Gasteiger partial charge < -0.3 is 4.74 Å². The quantitative estimate of drug-likeness (QED) is 0.748. The fourth-order valence-electron chi connectivity index (χ4n) is 2.53. The summed E-state index contributed by atoms with van der Waals surface area (Å²) in [6.45, 7) is 2.20. The van der Waals surface area contributed by atoms with Crippen LogP contribution in [0.4, 0.5) is 0 Å². The number of nitriles is 1. The number of hydrogen-bond acceptors (Lipinski definition) is 3. The Morgan fingerprint density at radius 1 is 1.53 bits per heavy atom. The lowest BCUT2D eigenvalue weighted by Crippen LogP contribution is -2.21. The van der Waals surface area contributed by atoms with Crippen molar-refractivity contribution in [2.45, 2.75) is 25.7 Å². The molecule has 1 aliphatic rings. The van der Waals surface area contributed by atoms with Gasteiger partial charge in [0.2, 0.25) is 0 Å². The molecule has 2 rings (SSSR count). The second-order valence-electron chi connectivity index (χ2n) is 4.23. The second-order valence-corrected chi connectivity index (χ2v) is 4.23. The van der Waals surface area contributed by atoms with Gasteiger partial charge in [-0.25, -0.2) is 0 Å². The maximum atomic E-state index is 11.9. The van der Waals surface area contributed by atoms with Crippen molar-refractivity contribution < 1.29 is 9.53 Å². The summed E-state index contributed by atoms with van der Waals surface area (Å²) >= 11 is 0. The zero-order valence-electron chi connectivity index (χ0n) is 9.85. The van der Waals surface area contributed by atoms with Crippen molar-refractivity contribution in [3.8, 4) is 6.07 Å². The van der Waals surface area contributed by atoms with Crippen LogP contribution in [0.3, 0.4) is 0 Å².